The highest BCUT2D eigenvalue weighted by molar-refractivity contribution is 14.1. The largest absolute Gasteiger partial charge is 0.496 e. The first-order valence-corrected chi connectivity index (χ1v) is 7.19. The highest BCUT2D eigenvalue weighted by Gasteiger charge is 2.16. The molecule has 0 aromatic heterocycles. The molecule has 0 amide bonds. The molecule has 0 spiro atoms. The van der Waals surface area contributed by atoms with Gasteiger partial charge in [0.05, 0.1) is 12.7 Å². The number of rotatable bonds is 3. The molecular weight excluding hydrogens is 398 g/mol. The number of ether oxygens (including phenoxy) is 1. The Morgan fingerprint density at radius 3 is 2.32 bits per heavy atom. The van der Waals surface area contributed by atoms with Gasteiger partial charge in [-0.2, -0.15) is 0 Å². The second-order valence-corrected chi connectivity index (χ2v) is 5.95. The lowest BCUT2D eigenvalue weighted by atomic mass is 10.0. The van der Waals surface area contributed by atoms with Gasteiger partial charge in [0.2, 0.25) is 0 Å². The van der Waals surface area contributed by atoms with Gasteiger partial charge in [-0.05, 0) is 59.0 Å². The van der Waals surface area contributed by atoms with Crippen LogP contribution in [0, 0.1) is 3.57 Å². The summed E-state index contributed by atoms with van der Waals surface area (Å²) in [5.41, 5.74) is 0.936. The number of benzene rings is 2. The van der Waals surface area contributed by atoms with Crippen LogP contribution < -0.4 is 4.74 Å². The number of halogens is 3. The minimum atomic E-state index is -0.167. The van der Waals surface area contributed by atoms with Gasteiger partial charge in [0, 0.05) is 19.2 Å². The third kappa shape index (κ3) is 3.41. The van der Waals surface area contributed by atoms with Crippen LogP contribution in [0.3, 0.4) is 0 Å². The summed E-state index contributed by atoms with van der Waals surface area (Å²) in [6.45, 7) is 0. The molecule has 0 aliphatic carbocycles. The summed E-state index contributed by atoms with van der Waals surface area (Å²) in [4.78, 5) is 12.5. The average Bonchev–Trinajstić information content (AvgIpc) is 2.36. The molecule has 98 valence electrons. The Kier molecular flexibility index (Phi) is 4.71. The minimum absolute atomic E-state index is 0.167. The lowest BCUT2D eigenvalue weighted by molar-refractivity contribution is 0.103. The SMILES string of the molecule is COc1ccc(I)cc1C(=O)c1cc(Cl)cc(Cl)c1. The van der Waals surface area contributed by atoms with Gasteiger partial charge in [0.15, 0.2) is 5.78 Å². The fourth-order valence-corrected chi connectivity index (χ4v) is 2.72. The van der Waals surface area contributed by atoms with E-state index >= 15 is 0 Å². The monoisotopic (exact) mass is 406 g/mol. The van der Waals surface area contributed by atoms with Crippen LogP contribution in [0.5, 0.6) is 5.75 Å². The average molecular weight is 407 g/mol. The Hall–Kier alpha value is -0.780. The van der Waals surface area contributed by atoms with Crippen molar-refractivity contribution in [3.8, 4) is 5.75 Å². The zero-order chi connectivity index (χ0) is 14.0. The molecule has 2 rings (SSSR count). The van der Waals surface area contributed by atoms with Crippen molar-refractivity contribution in [3.05, 3.63) is 61.1 Å². The molecule has 0 N–H and O–H groups in total. The van der Waals surface area contributed by atoms with Gasteiger partial charge in [-0.25, -0.2) is 0 Å². The molecule has 2 aromatic rings. The summed E-state index contributed by atoms with van der Waals surface area (Å²) in [6, 6.07) is 10.2. The van der Waals surface area contributed by atoms with E-state index in [0.29, 0.717) is 26.9 Å². The summed E-state index contributed by atoms with van der Waals surface area (Å²) in [7, 11) is 1.53. The Bertz CT molecular complexity index is 621. The number of methoxy groups -OCH3 is 1. The summed E-state index contributed by atoms with van der Waals surface area (Å²) in [5, 5.41) is 0.862. The van der Waals surface area contributed by atoms with E-state index in [2.05, 4.69) is 22.6 Å². The predicted molar refractivity (Wildman–Crippen MR) is 85.6 cm³/mol. The molecule has 2 nitrogen and oxygen atoms in total. The van der Waals surface area contributed by atoms with Crippen molar-refractivity contribution >= 4 is 51.6 Å². The number of carbonyl (C=O) groups excluding carboxylic acids is 1. The molecular formula is C14H9Cl2IO2. The summed E-state index contributed by atoms with van der Waals surface area (Å²) in [6.07, 6.45) is 0. The zero-order valence-electron chi connectivity index (χ0n) is 9.91. The maximum atomic E-state index is 12.5. The summed E-state index contributed by atoms with van der Waals surface area (Å²) < 4.78 is 6.17. The smallest absolute Gasteiger partial charge is 0.196 e. The van der Waals surface area contributed by atoms with Gasteiger partial charge >= 0.3 is 0 Å². The second-order valence-electron chi connectivity index (χ2n) is 3.83. The quantitative estimate of drug-likeness (QED) is 0.538. The zero-order valence-corrected chi connectivity index (χ0v) is 13.6. The van der Waals surface area contributed by atoms with E-state index < -0.39 is 0 Å². The third-order valence-electron chi connectivity index (χ3n) is 2.53. The molecule has 5 heteroatoms. The Morgan fingerprint density at radius 1 is 1.11 bits per heavy atom. The first kappa shape index (κ1) is 14.6. The van der Waals surface area contributed by atoms with E-state index in [9.17, 15) is 4.79 Å². The van der Waals surface area contributed by atoms with E-state index in [1.807, 2.05) is 6.07 Å². The highest BCUT2D eigenvalue weighted by Crippen LogP contribution is 2.26. The molecule has 0 saturated heterocycles. The van der Waals surface area contributed by atoms with Crippen LogP contribution in [0.4, 0.5) is 0 Å². The van der Waals surface area contributed by atoms with Crippen LogP contribution in [0.1, 0.15) is 15.9 Å². The Labute approximate surface area is 134 Å². The molecule has 0 bridgehead atoms. The molecule has 0 fully saturated rings. The van der Waals surface area contributed by atoms with Crippen LogP contribution in [-0.4, -0.2) is 12.9 Å². The predicted octanol–water partition coefficient (Wildman–Crippen LogP) is 4.84. The van der Waals surface area contributed by atoms with Crippen molar-refractivity contribution < 1.29 is 9.53 Å². The summed E-state index contributed by atoms with van der Waals surface area (Å²) in [5.74, 6) is 0.362. The van der Waals surface area contributed by atoms with Crippen molar-refractivity contribution in [2.24, 2.45) is 0 Å². The van der Waals surface area contributed by atoms with Crippen LogP contribution >= 0.6 is 45.8 Å². The topological polar surface area (TPSA) is 26.3 Å². The van der Waals surface area contributed by atoms with Crippen molar-refractivity contribution in [1.82, 2.24) is 0 Å². The van der Waals surface area contributed by atoms with Gasteiger partial charge in [0.1, 0.15) is 5.75 Å². The lowest BCUT2D eigenvalue weighted by Gasteiger charge is -2.09. The van der Waals surface area contributed by atoms with Crippen molar-refractivity contribution in [3.63, 3.8) is 0 Å². The maximum Gasteiger partial charge on any atom is 0.196 e. The van der Waals surface area contributed by atoms with Crippen LogP contribution in [0.2, 0.25) is 10.0 Å². The number of carbonyl (C=O) groups is 1. The van der Waals surface area contributed by atoms with Gasteiger partial charge in [-0.3, -0.25) is 4.79 Å². The minimum Gasteiger partial charge on any atom is -0.496 e. The normalized spacial score (nSPS) is 10.3. The standard InChI is InChI=1S/C14H9Cl2IO2/c1-19-13-3-2-11(17)7-12(13)14(18)8-4-9(15)6-10(16)5-8/h2-7H,1H3. The van der Waals surface area contributed by atoms with Crippen molar-refractivity contribution in [2.45, 2.75) is 0 Å². The molecule has 0 unspecified atom stereocenters. The molecule has 2 aromatic carbocycles. The number of ketones is 1. The fourth-order valence-electron chi connectivity index (χ4n) is 1.70. The molecule has 19 heavy (non-hydrogen) atoms. The molecule has 0 aliphatic rings. The Balaban J connectivity index is 2.52. The fraction of sp³-hybridized carbons (Fsp3) is 0.0714. The maximum absolute atomic E-state index is 12.5. The number of hydrogen-bond acceptors (Lipinski definition) is 2. The van der Waals surface area contributed by atoms with Gasteiger partial charge in [-0.1, -0.05) is 23.2 Å². The van der Waals surface area contributed by atoms with Gasteiger partial charge in [0.25, 0.3) is 0 Å². The number of hydrogen-bond donors (Lipinski definition) is 0. The van der Waals surface area contributed by atoms with Gasteiger partial charge in [-0.15, -0.1) is 0 Å². The van der Waals surface area contributed by atoms with Crippen LogP contribution in [0.25, 0.3) is 0 Å². The first-order chi connectivity index (χ1) is 9.01. The van der Waals surface area contributed by atoms with E-state index in [1.54, 1.807) is 30.3 Å². The molecule has 0 radical (unpaired) electrons. The Morgan fingerprint density at radius 2 is 1.74 bits per heavy atom. The van der Waals surface area contributed by atoms with E-state index in [1.165, 1.54) is 7.11 Å². The van der Waals surface area contributed by atoms with Crippen molar-refractivity contribution in [1.29, 1.82) is 0 Å². The van der Waals surface area contributed by atoms with Crippen LogP contribution in [-0.2, 0) is 0 Å². The lowest BCUT2D eigenvalue weighted by Crippen LogP contribution is -2.04. The molecule has 0 atom stereocenters. The van der Waals surface area contributed by atoms with E-state index in [-0.39, 0.29) is 5.78 Å². The van der Waals surface area contributed by atoms with E-state index in [4.69, 9.17) is 27.9 Å². The van der Waals surface area contributed by atoms with Crippen molar-refractivity contribution in [2.75, 3.05) is 7.11 Å². The van der Waals surface area contributed by atoms with Crippen LogP contribution in [0.15, 0.2) is 36.4 Å². The van der Waals surface area contributed by atoms with Gasteiger partial charge < -0.3 is 4.74 Å². The molecule has 0 saturated carbocycles. The highest BCUT2D eigenvalue weighted by atomic mass is 127. The third-order valence-corrected chi connectivity index (χ3v) is 3.64. The van der Waals surface area contributed by atoms with E-state index in [0.717, 1.165) is 3.57 Å². The summed E-state index contributed by atoms with van der Waals surface area (Å²) >= 11 is 14.0. The first-order valence-electron chi connectivity index (χ1n) is 5.35. The second kappa shape index (κ2) is 6.11. The molecule has 0 aliphatic heterocycles. The molecule has 0 heterocycles.